The number of rotatable bonds is 6. The first kappa shape index (κ1) is 15.8. The van der Waals surface area contributed by atoms with Gasteiger partial charge in [-0.2, -0.15) is 11.8 Å². The van der Waals surface area contributed by atoms with Gasteiger partial charge in [0.1, 0.15) is 4.83 Å². The number of nitrogens with zero attached hydrogens (tertiary/aromatic N) is 1. The fraction of sp³-hybridized carbons (Fsp3) is 0.571. The zero-order chi connectivity index (χ0) is 14.7. The third kappa shape index (κ3) is 3.18. The lowest BCUT2D eigenvalue weighted by molar-refractivity contribution is 0.580. The lowest BCUT2D eigenvalue weighted by atomic mass is 10.2. The first-order valence-electron chi connectivity index (χ1n) is 6.78. The predicted octanol–water partition coefficient (Wildman–Crippen LogP) is 4.27. The van der Waals surface area contributed by atoms with E-state index in [-0.39, 0.29) is 5.56 Å². The SMILES string of the molecule is CSCCCCCn1c(=S)[nH]c2sc(C)c(C)c2c1=O. The third-order valence-corrected chi connectivity index (χ3v) is 5.68. The van der Waals surface area contributed by atoms with Crippen LogP contribution in [0.25, 0.3) is 10.2 Å². The molecule has 0 atom stereocenters. The first-order chi connectivity index (χ1) is 9.56. The molecule has 0 saturated heterocycles. The molecular formula is C14H20N2OS3. The van der Waals surface area contributed by atoms with Crippen LogP contribution in [0.4, 0.5) is 0 Å². The largest absolute Gasteiger partial charge is 0.323 e. The number of aromatic nitrogens is 2. The van der Waals surface area contributed by atoms with Crippen molar-refractivity contribution in [2.24, 2.45) is 0 Å². The van der Waals surface area contributed by atoms with Crippen molar-refractivity contribution < 1.29 is 0 Å². The molecule has 6 heteroatoms. The van der Waals surface area contributed by atoms with Gasteiger partial charge in [-0.1, -0.05) is 6.42 Å². The van der Waals surface area contributed by atoms with E-state index in [1.54, 1.807) is 15.9 Å². The number of nitrogens with one attached hydrogen (secondary N) is 1. The Kier molecular flexibility index (Phi) is 5.46. The summed E-state index contributed by atoms with van der Waals surface area (Å²) in [7, 11) is 0. The van der Waals surface area contributed by atoms with Crippen molar-refractivity contribution in [1.29, 1.82) is 0 Å². The minimum absolute atomic E-state index is 0.0652. The molecule has 0 aromatic carbocycles. The number of hydrogen-bond acceptors (Lipinski definition) is 4. The Morgan fingerprint density at radius 3 is 2.75 bits per heavy atom. The van der Waals surface area contributed by atoms with Gasteiger partial charge in [0.05, 0.1) is 5.39 Å². The lowest BCUT2D eigenvalue weighted by Crippen LogP contribution is -2.22. The van der Waals surface area contributed by atoms with Gasteiger partial charge in [-0.05, 0) is 56.5 Å². The summed E-state index contributed by atoms with van der Waals surface area (Å²) in [6, 6.07) is 0. The summed E-state index contributed by atoms with van der Waals surface area (Å²) in [6.07, 6.45) is 5.47. The summed E-state index contributed by atoms with van der Waals surface area (Å²) in [5.74, 6) is 1.18. The molecule has 0 aliphatic heterocycles. The number of H-pyrrole nitrogens is 1. The molecule has 0 radical (unpaired) electrons. The van der Waals surface area contributed by atoms with Crippen molar-refractivity contribution >= 4 is 45.5 Å². The van der Waals surface area contributed by atoms with E-state index in [1.807, 2.05) is 25.6 Å². The van der Waals surface area contributed by atoms with Crippen molar-refractivity contribution in [3.8, 4) is 0 Å². The van der Waals surface area contributed by atoms with Gasteiger partial charge in [-0.15, -0.1) is 11.3 Å². The van der Waals surface area contributed by atoms with E-state index in [1.165, 1.54) is 17.1 Å². The Morgan fingerprint density at radius 1 is 1.30 bits per heavy atom. The van der Waals surface area contributed by atoms with Crippen LogP contribution in [-0.2, 0) is 6.54 Å². The third-order valence-electron chi connectivity index (χ3n) is 3.54. The average molecular weight is 329 g/mol. The zero-order valence-corrected chi connectivity index (χ0v) is 14.6. The van der Waals surface area contributed by atoms with E-state index in [2.05, 4.69) is 11.2 Å². The van der Waals surface area contributed by atoms with Crippen LogP contribution in [0, 0.1) is 18.6 Å². The van der Waals surface area contributed by atoms with Crippen LogP contribution < -0.4 is 5.56 Å². The van der Waals surface area contributed by atoms with Crippen LogP contribution in [0.15, 0.2) is 4.79 Å². The fourth-order valence-corrected chi connectivity index (χ4v) is 4.15. The Bertz CT molecular complexity index is 712. The highest BCUT2D eigenvalue weighted by Gasteiger charge is 2.12. The normalized spacial score (nSPS) is 11.3. The predicted molar refractivity (Wildman–Crippen MR) is 93.0 cm³/mol. The molecule has 3 nitrogen and oxygen atoms in total. The van der Waals surface area contributed by atoms with E-state index in [0.29, 0.717) is 11.3 Å². The molecule has 0 spiro atoms. The molecule has 2 heterocycles. The minimum atomic E-state index is 0.0652. The van der Waals surface area contributed by atoms with Crippen molar-refractivity contribution in [2.45, 2.75) is 39.7 Å². The standard InChI is InChI=1S/C14H20N2OS3/c1-9-10(2)20-12-11(9)13(17)16(14(18)15-12)7-5-4-6-8-19-3/h4-8H2,1-3H3,(H,15,18). The topological polar surface area (TPSA) is 37.8 Å². The Balaban J connectivity index is 2.27. The number of unbranched alkanes of at least 4 members (excludes halogenated alkanes) is 2. The zero-order valence-electron chi connectivity index (χ0n) is 12.1. The molecular weight excluding hydrogens is 308 g/mol. The smallest absolute Gasteiger partial charge is 0.263 e. The summed E-state index contributed by atoms with van der Waals surface area (Å²) in [5.41, 5.74) is 1.15. The van der Waals surface area contributed by atoms with Crippen LogP contribution >= 0.6 is 35.3 Å². The number of fused-ring (bicyclic) bond motifs is 1. The van der Waals surface area contributed by atoms with Crippen molar-refractivity contribution in [3.05, 3.63) is 25.6 Å². The molecule has 2 rings (SSSR count). The number of thioether (sulfide) groups is 1. The number of aromatic amines is 1. The van der Waals surface area contributed by atoms with E-state index in [9.17, 15) is 4.79 Å². The Morgan fingerprint density at radius 2 is 2.05 bits per heavy atom. The van der Waals surface area contributed by atoms with Crippen LogP contribution in [0.2, 0.25) is 0 Å². The van der Waals surface area contributed by atoms with Gasteiger partial charge in [0.25, 0.3) is 5.56 Å². The van der Waals surface area contributed by atoms with Crippen molar-refractivity contribution in [2.75, 3.05) is 12.0 Å². The van der Waals surface area contributed by atoms with Crippen molar-refractivity contribution in [1.82, 2.24) is 9.55 Å². The molecule has 0 amide bonds. The monoisotopic (exact) mass is 328 g/mol. The number of aryl methyl sites for hydroxylation is 2. The fourth-order valence-electron chi connectivity index (χ4n) is 2.26. The molecule has 20 heavy (non-hydrogen) atoms. The molecule has 2 aromatic heterocycles. The van der Waals surface area contributed by atoms with Crippen LogP contribution in [0.5, 0.6) is 0 Å². The molecule has 0 bridgehead atoms. The molecule has 0 aliphatic rings. The summed E-state index contributed by atoms with van der Waals surface area (Å²) >= 11 is 8.81. The van der Waals surface area contributed by atoms with E-state index in [0.717, 1.165) is 28.6 Å². The Hall–Kier alpha value is -0.590. The van der Waals surface area contributed by atoms with Crippen LogP contribution in [-0.4, -0.2) is 21.6 Å². The van der Waals surface area contributed by atoms with Crippen LogP contribution in [0.1, 0.15) is 29.7 Å². The first-order valence-corrected chi connectivity index (χ1v) is 9.40. The maximum absolute atomic E-state index is 12.6. The molecule has 2 aromatic rings. The molecule has 0 aliphatic carbocycles. The molecule has 0 unspecified atom stereocenters. The second-order valence-electron chi connectivity index (χ2n) is 4.93. The second-order valence-corrected chi connectivity index (χ2v) is 7.52. The second kappa shape index (κ2) is 6.91. The van der Waals surface area contributed by atoms with Crippen molar-refractivity contribution in [3.63, 3.8) is 0 Å². The summed E-state index contributed by atoms with van der Waals surface area (Å²) < 4.78 is 2.27. The number of hydrogen-bond donors (Lipinski definition) is 1. The highest BCUT2D eigenvalue weighted by atomic mass is 32.2. The van der Waals surface area contributed by atoms with Gasteiger partial charge in [-0.25, -0.2) is 0 Å². The average Bonchev–Trinajstić information content (AvgIpc) is 2.68. The summed E-state index contributed by atoms with van der Waals surface area (Å²) in [6.45, 7) is 4.77. The van der Waals surface area contributed by atoms with E-state index < -0.39 is 0 Å². The highest BCUT2D eigenvalue weighted by molar-refractivity contribution is 7.98. The molecule has 0 saturated carbocycles. The van der Waals surface area contributed by atoms with E-state index in [4.69, 9.17) is 12.2 Å². The highest BCUT2D eigenvalue weighted by Crippen LogP contribution is 2.25. The van der Waals surface area contributed by atoms with Gasteiger partial charge in [0.2, 0.25) is 0 Å². The van der Waals surface area contributed by atoms with Gasteiger partial charge in [0, 0.05) is 11.4 Å². The Labute approximate surface area is 132 Å². The van der Waals surface area contributed by atoms with Gasteiger partial charge in [-0.3, -0.25) is 9.36 Å². The lowest BCUT2D eigenvalue weighted by Gasteiger charge is -2.06. The maximum atomic E-state index is 12.6. The van der Waals surface area contributed by atoms with Gasteiger partial charge in [0.15, 0.2) is 4.77 Å². The number of thiophene rings is 1. The van der Waals surface area contributed by atoms with Crippen LogP contribution in [0.3, 0.4) is 0 Å². The summed E-state index contributed by atoms with van der Waals surface area (Å²) in [4.78, 5) is 17.9. The molecule has 1 N–H and O–H groups in total. The van der Waals surface area contributed by atoms with Gasteiger partial charge < -0.3 is 4.98 Å². The quantitative estimate of drug-likeness (QED) is 0.635. The molecule has 0 fully saturated rings. The molecule has 110 valence electrons. The van der Waals surface area contributed by atoms with E-state index >= 15 is 0 Å². The van der Waals surface area contributed by atoms with Gasteiger partial charge >= 0.3 is 0 Å². The minimum Gasteiger partial charge on any atom is -0.323 e. The maximum Gasteiger partial charge on any atom is 0.263 e. The summed E-state index contributed by atoms with van der Waals surface area (Å²) in [5, 5.41) is 0.810.